The van der Waals surface area contributed by atoms with E-state index >= 15 is 0 Å². The van der Waals surface area contributed by atoms with E-state index in [-0.39, 0.29) is 23.7 Å². The molecular weight excluding hydrogens is 290 g/mol. The summed E-state index contributed by atoms with van der Waals surface area (Å²) in [5.74, 6) is -1.39. The summed E-state index contributed by atoms with van der Waals surface area (Å²) in [7, 11) is 0. The van der Waals surface area contributed by atoms with Crippen LogP contribution >= 0.6 is 0 Å². The van der Waals surface area contributed by atoms with Crippen LogP contribution in [0.3, 0.4) is 0 Å². The summed E-state index contributed by atoms with van der Waals surface area (Å²) < 4.78 is 0. The molecule has 8 nitrogen and oxygen atoms in total. The Kier molecular flexibility index (Phi) is 6.46. The third kappa shape index (κ3) is 5.88. The number of non-ortho nitro benzene ring substituents is 1. The molecule has 0 saturated carbocycles. The van der Waals surface area contributed by atoms with E-state index in [0.29, 0.717) is 6.54 Å². The van der Waals surface area contributed by atoms with E-state index in [1.165, 1.54) is 24.3 Å². The van der Waals surface area contributed by atoms with Crippen LogP contribution in [0.25, 0.3) is 0 Å². The maximum Gasteiger partial charge on any atom is 0.321 e. The van der Waals surface area contributed by atoms with Crippen molar-refractivity contribution >= 4 is 23.3 Å². The van der Waals surface area contributed by atoms with E-state index in [4.69, 9.17) is 5.11 Å². The Balaban J connectivity index is 2.65. The molecule has 8 heteroatoms. The minimum atomic E-state index is -1.12. The molecule has 0 heterocycles. The van der Waals surface area contributed by atoms with Gasteiger partial charge in [-0.15, -0.1) is 0 Å². The molecule has 1 rings (SSSR count). The van der Waals surface area contributed by atoms with Gasteiger partial charge in [-0.25, -0.2) is 0 Å². The molecule has 0 saturated heterocycles. The maximum absolute atomic E-state index is 11.9. The highest BCUT2D eigenvalue weighted by Gasteiger charge is 2.21. The molecule has 0 fully saturated rings. The Morgan fingerprint density at radius 3 is 2.59 bits per heavy atom. The fourth-order valence-electron chi connectivity index (χ4n) is 1.72. The fourth-order valence-corrected chi connectivity index (χ4v) is 1.72. The van der Waals surface area contributed by atoms with Crippen molar-refractivity contribution in [3.63, 3.8) is 0 Å². The molecular formula is C14H19N3O5. The van der Waals surface area contributed by atoms with Crippen molar-refractivity contribution in [2.75, 3.05) is 11.9 Å². The van der Waals surface area contributed by atoms with Crippen LogP contribution in [0, 0.1) is 16.0 Å². The average Bonchev–Trinajstić information content (AvgIpc) is 2.43. The van der Waals surface area contributed by atoms with Gasteiger partial charge in [0.1, 0.15) is 6.04 Å². The average molecular weight is 309 g/mol. The van der Waals surface area contributed by atoms with Gasteiger partial charge in [-0.05, 0) is 18.5 Å². The van der Waals surface area contributed by atoms with Crippen molar-refractivity contribution in [2.24, 2.45) is 5.92 Å². The molecule has 0 aliphatic heterocycles. The maximum atomic E-state index is 11.9. The van der Waals surface area contributed by atoms with Crippen molar-refractivity contribution in [2.45, 2.75) is 26.3 Å². The second-order valence-electron chi connectivity index (χ2n) is 5.25. The zero-order valence-electron chi connectivity index (χ0n) is 12.4. The van der Waals surface area contributed by atoms with E-state index in [0.717, 1.165) is 0 Å². The van der Waals surface area contributed by atoms with Crippen LogP contribution in [0.1, 0.15) is 20.3 Å². The number of nitro benzene ring substituents is 1. The summed E-state index contributed by atoms with van der Waals surface area (Å²) in [5, 5.41) is 25.0. The second kappa shape index (κ2) is 8.08. The first kappa shape index (κ1) is 17.6. The minimum Gasteiger partial charge on any atom is -0.480 e. The monoisotopic (exact) mass is 309 g/mol. The lowest BCUT2D eigenvalue weighted by molar-refractivity contribution is -0.384. The number of nitrogens with one attached hydrogen (secondary N) is 2. The van der Waals surface area contributed by atoms with Gasteiger partial charge in [-0.1, -0.05) is 19.9 Å². The Bertz CT molecular complexity index is 559. The molecule has 1 amide bonds. The number of amides is 1. The number of anilines is 1. The van der Waals surface area contributed by atoms with Crippen molar-refractivity contribution in [1.29, 1.82) is 0 Å². The van der Waals surface area contributed by atoms with E-state index in [2.05, 4.69) is 10.6 Å². The van der Waals surface area contributed by atoms with E-state index in [1.807, 2.05) is 13.8 Å². The number of hydrogen-bond acceptors (Lipinski definition) is 5. The van der Waals surface area contributed by atoms with Gasteiger partial charge in [0.25, 0.3) is 5.69 Å². The van der Waals surface area contributed by atoms with Gasteiger partial charge in [0, 0.05) is 17.8 Å². The minimum absolute atomic E-state index is 0.148. The molecule has 1 aromatic carbocycles. The van der Waals surface area contributed by atoms with Crippen LogP contribution in [-0.4, -0.2) is 34.5 Å². The van der Waals surface area contributed by atoms with Crippen molar-refractivity contribution in [3.8, 4) is 0 Å². The molecule has 0 bridgehead atoms. The van der Waals surface area contributed by atoms with Crippen LogP contribution in [0.5, 0.6) is 0 Å². The molecule has 1 atom stereocenters. The van der Waals surface area contributed by atoms with Gasteiger partial charge in [0.05, 0.1) is 11.3 Å². The number of aliphatic carboxylic acids is 1. The van der Waals surface area contributed by atoms with Crippen LogP contribution in [0.15, 0.2) is 24.3 Å². The highest BCUT2D eigenvalue weighted by Crippen LogP contribution is 2.17. The standard InChI is InChI=1S/C14H19N3O5/c1-9(2)8-15-12(14(19)20)7-13(18)16-10-4-3-5-11(6-10)17(21)22/h3-6,9,12,15H,7-8H2,1-2H3,(H,16,18)(H,19,20). The van der Waals surface area contributed by atoms with Crippen molar-refractivity contribution in [1.82, 2.24) is 5.32 Å². The normalized spacial score (nSPS) is 12.0. The molecule has 0 aliphatic carbocycles. The van der Waals surface area contributed by atoms with Crippen LogP contribution in [0.4, 0.5) is 11.4 Å². The van der Waals surface area contributed by atoms with Crippen molar-refractivity contribution < 1.29 is 19.6 Å². The summed E-state index contributed by atoms with van der Waals surface area (Å²) >= 11 is 0. The third-order valence-electron chi connectivity index (χ3n) is 2.80. The predicted octanol–water partition coefficient (Wildman–Crippen LogP) is 1.62. The quantitative estimate of drug-likeness (QED) is 0.495. The molecule has 3 N–H and O–H groups in total. The molecule has 120 valence electrons. The van der Waals surface area contributed by atoms with E-state index in [1.54, 1.807) is 0 Å². The van der Waals surface area contributed by atoms with Gasteiger partial charge in [0.2, 0.25) is 5.91 Å². The smallest absolute Gasteiger partial charge is 0.321 e. The first-order chi connectivity index (χ1) is 10.3. The number of carbonyl (C=O) groups is 2. The lowest BCUT2D eigenvalue weighted by Crippen LogP contribution is -2.41. The van der Waals surface area contributed by atoms with E-state index in [9.17, 15) is 19.7 Å². The number of carbonyl (C=O) groups excluding carboxylic acids is 1. The predicted molar refractivity (Wildman–Crippen MR) is 80.6 cm³/mol. The molecule has 22 heavy (non-hydrogen) atoms. The number of hydrogen-bond donors (Lipinski definition) is 3. The first-order valence-corrected chi connectivity index (χ1v) is 6.80. The summed E-state index contributed by atoms with van der Waals surface area (Å²) in [4.78, 5) is 33.1. The van der Waals surface area contributed by atoms with Crippen LogP contribution in [0.2, 0.25) is 0 Å². The molecule has 0 aromatic heterocycles. The fraction of sp³-hybridized carbons (Fsp3) is 0.429. The first-order valence-electron chi connectivity index (χ1n) is 6.80. The number of nitrogens with zero attached hydrogens (tertiary/aromatic N) is 1. The van der Waals surface area contributed by atoms with Gasteiger partial charge >= 0.3 is 5.97 Å². The number of carboxylic acids is 1. The SMILES string of the molecule is CC(C)CNC(CC(=O)Nc1cccc([N+](=O)[O-])c1)C(=O)O. The Labute approximate surface area is 127 Å². The zero-order chi connectivity index (χ0) is 16.7. The lowest BCUT2D eigenvalue weighted by Gasteiger charge is -2.15. The number of rotatable bonds is 8. The third-order valence-corrected chi connectivity index (χ3v) is 2.80. The topological polar surface area (TPSA) is 122 Å². The van der Waals surface area contributed by atoms with Crippen molar-refractivity contribution in [3.05, 3.63) is 34.4 Å². The van der Waals surface area contributed by atoms with Crippen LogP contribution < -0.4 is 10.6 Å². The number of benzene rings is 1. The lowest BCUT2D eigenvalue weighted by atomic mass is 10.1. The summed E-state index contributed by atoms with van der Waals surface area (Å²) in [5.41, 5.74) is 0.109. The summed E-state index contributed by atoms with van der Waals surface area (Å²) in [6.07, 6.45) is -0.259. The molecule has 1 unspecified atom stereocenters. The Morgan fingerprint density at radius 2 is 2.05 bits per heavy atom. The van der Waals surface area contributed by atoms with Gasteiger partial charge in [0.15, 0.2) is 0 Å². The molecule has 0 radical (unpaired) electrons. The Hall–Kier alpha value is -2.48. The summed E-state index contributed by atoms with van der Waals surface area (Å²) in [6, 6.07) is 4.47. The molecule has 1 aromatic rings. The number of nitro groups is 1. The van der Waals surface area contributed by atoms with E-state index < -0.39 is 22.8 Å². The summed E-state index contributed by atoms with van der Waals surface area (Å²) in [6.45, 7) is 4.32. The highest BCUT2D eigenvalue weighted by atomic mass is 16.6. The largest absolute Gasteiger partial charge is 0.480 e. The van der Waals surface area contributed by atoms with Crippen LogP contribution in [-0.2, 0) is 9.59 Å². The van der Waals surface area contributed by atoms with Gasteiger partial charge in [-0.3, -0.25) is 19.7 Å². The van der Waals surface area contributed by atoms with Gasteiger partial charge in [-0.2, -0.15) is 0 Å². The second-order valence-corrected chi connectivity index (χ2v) is 5.25. The molecule has 0 aliphatic rings. The molecule has 0 spiro atoms. The highest BCUT2D eigenvalue weighted by molar-refractivity contribution is 5.94. The van der Waals surface area contributed by atoms with Gasteiger partial charge < -0.3 is 15.7 Å². The Morgan fingerprint density at radius 1 is 1.36 bits per heavy atom. The zero-order valence-corrected chi connectivity index (χ0v) is 12.4. The number of carboxylic acid groups (broad SMARTS) is 1.